The molecule has 2 N–H and O–H groups in total. The van der Waals surface area contributed by atoms with Gasteiger partial charge in [-0.25, -0.2) is 4.39 Å². The van der Waals surface area contributed by atoms with Crippen LogP contribution in [0, 0.1) is 5.82 Å². The molecule has 1 atom stereocenters. The highest BCUT2D eigenvalue weighted by Crippen LogP contribution is 2.13. The number of halogens is 1. The van der Waals surface area contributed by atoms with Gasteiger partial charge in [0, 0.05) is 41.5 Å². The largest absolute Gasteiger partial charge is 0.399 e. The fourth-order valence-electron chi connectivity index (χ4n) is 1.29. The molecule has 5 heteroatoms. The third-order valence-corrected chi connectivity index (χ3v) is 3.49. The van der Waals surface area contributed by atoms with E-state index in [1.807, 2.05) is 0 Å². The summed E-state index contributed by atoms with van der Waals surface area (Å²) in [5.41, 5.74) is 6.25. The van der Waals surface area contributed by atoms with Crippen LogP contribution in [-0.2, 0) is 21.3 Å². The molecule has 16 heavy (non-hydrogen) atoms. The Morgan fingerprint density at radius 3 is 2.88 bits per heavy atom. The smallest absolute Gasteiger partial charge is 0.129 e. The van der Waals surface area contributed by atoms with E-state index in [-0.39, 0.29) is 11.6 Å². The van der Waals surface area contributed by atoms with Crippen LogP contribution < -0.4 is 5.73 Å². The molecule has 1 unspecified atom stereocenters. The Morgan fingerprint density at radius 1 is 1.50 bits per heavy atom. The van der Waals surface area contributed by atoms with Crippen molar-refractivity contribution in [2.75, 3.05) is 25.2 Å². The molecule has 1 aromatic rings. The molecule has 0 spiro atoms. The fraction of sp³-hybridized carbons (Fsp3) is 0.455. The van der Waals surface area contributed by atoms with Gasteiger partial charge in [0.25, 0.3) is 0 Å². The average molecular weight is 245 g/mol. The zero-order chi connectivity index (χ0) is 12.0. The standard InChI is InChI=1S/C11H16FNO2S/c1-15-5-2-6-16(14)8-9-3-4-10(13)7-11(9)12/h3-4,7H,2,5-6,8,13H2,1H3. The molecule has 0 aromatic heterocycles. The van der Waals surface area contributed by atoms with E-state index in [9.17, 15) is 8.60 Å². The number of nitrogens with two attached hydrogens (primary N) is 1. The van der Waals surface area contributed by atoms with E-state index < -0.39 is 10.8 Å². The molecular formula is C11H16FNO2S. The van der Waals surface area contributed by atoms with Crippen molar-refractivity contribution in [3.05, 3.63) is 29.6 Å². The van der Waals surface area contributed by atoms with Crippen LogP contribution in [0.1, 0.15) is 12.0 Å². The zero-order valence-corrected chi connectivity index (χ0v) is 10.1. The van der Waals surface area contributed by atoms with Gasteiger partial charge in [-0.15, -0.1) is 0 Å². The second-order valence-corrected chi connectivity index (χ2v) is 5.06. The molecule has 90 valence electrons. The van der Waals surface area contributed by atoms with Gasteiger partial charge >= 0.3 is 0 Å². The summed E-state index contributed by atoms with van der Waals surface area (Å²) in [7, 11) is 0.550. The van der Waals surface area contributed by atoms with Crippen molar-refractivity contribution in [2.45, 2.75) is 12.2 Å². The number of benzene rings is 1. The molecule has 1 aromatic carbocycles. The van der Waals surface area contributed by atoms with Gasteiger partial charge in [0.1, 0.15) is 5.82 Å². The van der Waals surface area contributed by atoms with E-state index in [0.29, 0.717) is 23.6 Å². The number of rotatable bonds is 6. The zero-order valence-electron chi connectivity index (χ0n) is 9.24. The predicted molar refractivity (Wildman–Crippen MR) is 64.0 cm³/mol. The van der Waals surface area contributed by atoms with Gasteiger partial charge in [0.15, 0.2) is 0 Å². The van der Waals surface area contributed by atoms with Crippen LogP contribution in [0.4, 0.5) is 10.1 Å². The van der Waals surface area contributed by atoms with Gasteiger partial charge < -0.3 is 10.5 Å². The maximum Gasteiger partial charge on any atom is 0.129 e. The lowest BCUT2D eigenvalue weighted by atomic mass is 10.2. The van der Waals surface area contributed by atoms with Crippen LogP contribution in [0.3, 0.4) is 0 Å². The normalized spacial score (nSPS) is 12.6. The Labute approximate surface area is 97.2 Å². The molecule has 0 amide bonds. The van der Waals surface area contributed by atoms with Crippen LogP contribution in [0.15, 0.2) is 18.2 Å². The molecular weight excluding hydrogens is 229 g/mol. The number of hydrogen-bond acceptors (Lipinski definition) is 3. The van der Waals surface area contributed by atoms with E-state index in [0.717, 1.165) is 6.42 Å². The van der Waals surface area contributed by atoms with Crippen LogP contribution in [0.5, 0.6) is 0 Å². The first kappa shape index (κ1) is 13.1. The van der Waals surface area contributed by atoms with Gasteiger partial charge in [0.2, 0.25) is 0 Å². The summed E-state index contributed by atoms with van der Waals surface area (Å²) >= 11 is 0. The lowest BCUT2D eigenvalue weighted by Gasteiger charge is -2.04. The molecule has 0 fully saturated rings. The Hall–Kier alpha value is -0.940. The average Bonchev–Trinajstić information content (AvgIpc) is 2.23. The van der Waals surface area contributed by atoms with E-state index >= 15 is 0 Å². The van der Waals surface area contributed by atoms with Crippen molar-refractivity contribution in [3.8, 4) is 0 Å². The number of methoxy groups -OCH3 is 1. The number of anilines is 1. The van der Waals surface area contributed by atoms with E-state index in [1.165, 1.54) is 6.07 Å². The summed E-state index contributed by atoms with van der Waals surface area (Å²) in [6.07, 6.45) is 0.722. The molecule has 1 rings (SSSR count). The number of ether oxygens (including phenoxy) is 1. The van der Waals surface area contributed by atoms with Gasteiger partial charge in [0.05, 0.1) is 5.75 Å². The molecule has 0 saturated heterocycles. The Morgan fingerprint density at radius 2 is 2.25 bits per heavy atom. The van der Waals surface area contributed by atoms with Crippen LogP contribution in [-0.4, -0.2) is 23.7 Å². The highest BCUT2D eigenvalue weighted by Gasteiger charge is 2.07. The first-order chi connectivity index (χ1) is 7.63. The summed E-state index contributed by atoms with van der Waals surface area (Å²) in [6, 6.07) is 4.45. The highest BCUT2D eigenvalue weighted by atomic mass is 32.2. The molecule has 0 heterocycles. The summed E-state index contributed by atoms with van der Waals surface area (Å²) in [6.45, 7) is 0.579. The minimum Gasteiger partial charge on any atom is -0.399 e. The van der Waals surface area contributed by atoms with Crippen molar-refractivity contribution < 1.29 is 13.3 Å². The van der Waals surface area contributed by atoms with E-state index in [4.69, 9.17) is 10.5 Å². The minimum absolute atomic E-state index is 0.232. The summed E-state index contributed by atoms with van der Waals surface area (Å²) in [5, 5.41) is 0. The highest BCUT2D eigenvalue weighted by molar-refractivity contribution is 7.84. The Balaban J connectivity index is 2.49. The van der Waals surface area contributed by atoms with Crippen molar-refractivity contribution in [2.24, 2.45) is 0 Å². The van der Waals surface area contributed by atoms with Crippen molar-refractivity contribution in [1.82, 2.24) is 0 Å². The van der Waals surface area contributed by atoms with Crippen molar-refractivity contribution in [1.29, 1.82) is 0 Å². The second kappa shape index (κ2) is 6.60. The molecule has 0 saturated carbocycles. The van der Waals surface area contributed by atoms with Crippen LogP contribution in [0.2, 0.25) is 0 Å². The maximum atomic E-state index is 13.4. The van der Waals surface area contributed by atoms with Crippen molar-refractivity contribution >= 4 is 16.5 Å². The summed E-state index contributed by atoms with van der Waals surface area (Å²) in [5.74, 6) is 0.369. The van der Waals surface area contributed by atoms with Crippen molar-refractivity contribution in [3.63, 3.8) is 0 Å². The SMILES string of the molecule is COCCCS(=O)Cc1ccc(N)cc1F. The first-order valence-electron chi connectivity index (χ1n) is 5.01. The molecule has 3 nitrogen and oxygen atoms in total. The fourth-order valence-corrected chi connectivity index (χ4v) is 2.46. The molecule has 0 bridgehead atoms. The van der Waals surface area contributed by atoms with Crippen LogP contribution in [0.25, 0.3) is 0 Å². The lowest BCUT2D eigenvalue weighted by Crippen LogP contribution is -2.05. The maximum absolute atomic E-state index is 13.4. The first-order valence-corrected chi connectivity index (χ1v) is 6.50. The lowest BCUT2D eigenvalue weighted by molar-refractivity contribution is 0.200. The molecule has 0 radical (unpaired) electrons. The van der Waals surface area contributed by atoms with Gasteiger partial charge in [-0.2, -0.15) is 0 Å². The molecule has 0 aliphatic carbocycles. The molecule has 0 aliphatic heterocycles. The summed E-state index contributed by atoms with van der Waals surface area (Å²) < 4.78 is 29.8. The topological polar surface area (TPSA) is 52.3 Å². The predicted octanol–water partition coefficient (Wildman–Crippen LogP) is 1.69. The number of hydrogen-bond donors (Lipinski definition) is 1. The Bertz CT molecular complexity index is 371. The molecule has 0 aliphatic rings. The summed E-state index contributed by atoms with van der Waals surface area (Å²) in [4.78, 5) is 0. The third-order valence-electron chi connectivity index (χ3n) is 2.11. The minimum atomic E-state index is -1.05. The monoisotopic (exact) mass is 245 g/mol. The van der Waals surface area contributed by atoms with Crippen LogP contribution >= 0.6 is 0 Å². The second-order valence-electron chi connectivity index (χ2n) is 3.49. The van der Waals surface area contributed by atoms with E-state index in [2.05, 4.69) is 0 Å². The van der Waals surface area contributed by atoms with Gasteiger partial charge in [-0.3, -0.25) is 4.21 Å². The Kier molecular flexibility index (Phi) is 5.42. The third kappa shape index (κ3) is 4.28. The van der Waals surface area contributed by atoms with Gasteiger partial charge in [-0.05, 0) is 18.6 Å². The number of nitrogen functional groups attached to an aromatic ring is 1. The van der Waals surface area contributed by atoms with E-state index in [1.54, 1.807) is 19.2 Å². The quantitative estimate of drug-likeness (QED) is 0.613. The van der Waals surface area contributed by atoms with Gasteiger partial charge in [-0.1, -0.05) is 6.07 Å².